The van der Waals surface area contributed by atoms with Crippen LogP contribution in [0.5, 0.6) is 0 Å². The maximum atomic E-state index is 12.4. The molecule has 0 amide bonds. The van der Waals surface area contributed by atoms with Crippen molar-refractivity contribution < 1.29 is 9.53 Å². The number of rotatable bonds is 4. The molecule has 1 atom stereocenters. The van der Waals surface area contributed by atoms with Crippen LogP contribution in [0.1, 0.15) is 11.1 Å². The molecule has 0 fully saturated rings. The van der Waals surface area contributed by atoms with Gasteiger partial charge in [0, 0.05) is 4.47 Å². The number of methoxy groups -OCH3 is 1. The van der Waals surface area contributed by atoms with Crippen molar-refractivity contribution in [2.75, 3.05) is 7.11 Å². The first-order valence-electron chi connectivity index (χ1n) is 6.85. The van der Waals surface area contributed by atoms with Gasteiger partial charge in [-0.1, -0.05) is 76.7 Å². The van der Waals surface area contributed by atoms with Crippen molar-refractivity contribution in [3.05, 3.63) is 64.6 Å². The molecule has 2 aromatic carbocycles. The third-order valence-electron chi connectivity index (χ3n) is 3.86. The van der Waals surface area contributed by atoms with Gasteiger partial charge in [0.05, 0.1) is 12.7 Å². The van der Waals surface area contributed by atoms with Gasteiger partial charge in [-0.05, 0) is 17.7 Å². The van der Waals surface area contributed by atoms with Crippen LogP contribution < -0.4 is 5.19 Å². The second kappa shape index (κ2) is 6.58. The SMILES string of the molecule is COC(=O)C(c1cccc(Br)c1)[Si](C)(C)c1ccccc1. The maximum Gasteiger partial charge on any atom is 0.310 e. The fourth-order valence-corrected chi connectivity index (χ4v) is 6.21. The maximum absolute atomic E-state index is 12.4. The Balaban J connectivity index is 2.53. The highest BCUT2D eigenvalue weighted by molar-refractivity contribution is 9.10. The Morgan fingerprint density at radius 2 is 1.76 bits per heavy atom. The van der Waals surface area contributed by atoms with E-state index in [2.05, 4.69) is 41.2 Å². The second-order valence-corrected chi connectivity index (χ2v) is 11.1. The van der Waals surface area contributed by atoms with Gasteiger partial charge in [0.2, 0.25) is 0 Å². The Labute approximate surface area is 135 Å². The smallest absolute Gasteiger partial charge is 0.310 e. The average Bonchev–Trinajstić information content (AvgIpc) is 2.48. The lowest BCUT2D eigenvalue weighted by Crippen LogP contribution is -2.50. The molecule has 4 heteroatoms. The van der Waals surface area contributed by atoms with Crippen LogP contribution >= 0.6 is 15.9 Å². The average molecular weight is 363 g/mol. The summed E-state index contributed by atoms with van der Waals surface area (Å²) in [5.41, 5.74) is 0.791. The van der Waals surface area contributed by atoms with Gasteiger partial charge >= 0.3 is 5.97 Å². The molecule has 21 heavy (non-hydrogen) atoms. The molecule has 0 aliphatic rings. The lowest BCUT2D eigenvalue weighted by molar-refractivity contribution is -0.140. The van der Waals surface area contributed by atoms with Crippen molar-refractivity contribution in [3.8, 4) is 0 Å². The molecule has 0 aliphatic heterocycles. The first kappa shape index (κ1) is 16.0. The lowest BCUT2D eigenvalue weighted by Gasteiger charge is -2.31. The first-order chi connectivity index (χ1) is 9.96. The van der Waals surface area contributed by atoms with Gasteiger partial charge in [0.1, 0.15) is 8.07 Å². The molecule has 1 unspecified atom stereocenters. The minimum atomic E-state index is -2.05. The Kier molecular flexibility index (Phi) is 5.01. The topological polar surface area (TPSA) is 26.3 Å². The zero-order chi connectivity index (χ0) is 15.5. The van der Waals surface area contributed by atoms with E-state index in [1.165, 1.54) is 12.3 Å². The summed E-state index contributed by atoms with van der Waals surface area (Å²) in [7, 11) is -0.591. The summed E-state index contributed by atoms with van der Waals surface area (Å²) < 4.78 is 6.07. The van der Waals surface area contributed by atoms with Crippen LogP contribution in [0.3, 0.4) is 0 Å². The van der Waals surface area contributed by atoms with E-state index in [0.717, 1.165) is 10.0 Å². The highest BCUT2D eigenvalue weighted by atomic mass is 79.9. The quantitative estimate of drug-likeness (QED) is 0.609. The van der Waals surface area contributed by atoms with Crippen molar-refractivity contribution in [2.45, 2.75) is 18.6 Å². The summed E-state index contributed by atoms with van der Waals surface area (Å²) in [6.07, 6.45) is 0. The minimum Gasteiger partial charge on any atom is -0.469 e. The molecular weight excluding hydrogens is 344 g/mol. The van der Waals surface area contributed by atoms with Crippen LogP contribution in [-0.2, 0) is 9.53 Å². The molecule has 0 aromatic heterocycles. The van der Waals surface area contributed by atoms with Crippen LogP contribution in [0.25, 0.3) is 0 Å². The lowest BCUT2D eigenvalue weighted by atomic mass is 10.1. The summed E-state index contributed by atoms with van der Waals surface area (Å²) >= 11 is 3.49. The summed E-state index contributed by atoms with van der Waals surface area (Å²) in [5.74, 6) is -0.159. The van der Waals surface area contributed by atoms with Crippen LogP contribution in [-0.4, -0.2) is 21.2 Å². The molecule has 0 saturated carbocycles. The van der Waals surface area contributed by atoms with Crippen LogP contribution in [0.15, 0.2) is 59.1 Å². The van der Waals surface area contributed by atoms with Crippen molar-refractivity contribution >= 4 is 35.2 Å². The summed E-state index contributed by atoms with van der Waals surface area (Å²) in [4.78, 5) is 12.4. The first-order valence-corrected chi connectivity index (χ1v) is 10.7. The van der Waals surface area contributed by atoms with Crippen molar-refractivity contribution in [2.24, 2.45) is 0 Å². The van der Waals surface area contributed by atoms with Gasteiger partial charge in [-0.2, -0.15) is 0 Å². The van der Waals surface area contributed by atoms with E-state index in [0.29, 0.717) is 0 Å². The summed E-state index contributed by atoms with van der Waals surface area (Å²) in [5, 5.41) is 1.25. The molecule has 0 spiro atoms. The zero-order valence-electron chi connectivity index (χ0n) is 12.5. The number of hydrogen-bond donors (Lipinski definition) is 0. The number of carbonyl (C=O) groups excluding carboxylic acids is 1. The summed E-state index contributed by atoms with van der Waals surface area (Å²) in [6.45, 7) is 4.43. The van der Waals surface area contributed by atoms with Gasteiger partial charge in [-0.15, -0.1) is 0 Å². The van der Waals surface area contributed by atoms with E-state index in [-0.39, 0.29) is 11.5 Å². The van der Waals surface area contributed by atoms with Gasteiger partial charge < -0.3 is 4.74 Å². The van der Waals surface area contributed by atoms with Crippen molar-refractivity contribution in [1.29, 1.82) is 0 Å². The van der Waals surface area contributed by atoms with Crippen molar-refractivity contribution in [3.63, 3.8) is 0 Å². The molecule has 110 valence electrons. The standard InChI is InChI=1S/C17H19BrO2Si/c1-20-17(19)16(13-8-7-9-14(18)12-13)21(2,3)15-10-5-4-6-11-15/h4-12,16H,1-3H3. The fraction of sp³-hybridized carbons (Fsp3) is 0.235. The van der Waals surface area contributed by atoms with E-state index in [1.807, 2.05) is 42.5 Å². The monoisotopic (exact) mass is 362 g/mol. The summed E-state index contributed by atoms with van der Waals surface area (Å²) in [6, 6.07) is 18.2. The van der Waals surface area contributed by atoms with Crippen molar-refractivity contribution in [1.82, 2.24) is 0 Å². The molecular formula is C17H19BrO2Si. The molecule has 2 nitrogen and oxygen atoms in total. The predicted molar refractivity (Wildman–Crippen MR) is 92.5 cm³/mol. The van der Waals surface area contributed by atoms with E-state index in [4.69, 9.17) is 4.74 Å². The predicted octanol–water partition coefficient (Wildman–Crippen LogP) is 3.86. The normalized spacial score (nSPS) is 12.8. The Bertz CT molecular complexity index is 626. The molecule has 0 radical (unpaired) electrons. The Morgan fingerprint density at radius 3 is 2.33 bits per heavy atom. The highest BCUT2D eigenvalue weighted by Crippen LogP contribution is 2.30. The zero-order valence-corrected chi connectivity index (χ0v) is 15.1. The number of hydrogen-bond acceptors (Lipinski definition) is 2. The van der Waals surface area contributed by atoms with Gasteiger partial charge in [0.15, 0.2) is 0 Å². The van der Waals surface area contributed by atoms with Gasteiger partial charge in [-0.3, -0.25) is 4.79 Å². The third-order valence-corrected chi connectivity index (χ3v) is 8.19. The molecule has 2 aromatic rings. The van der Waals surface area contributed by atoms with Crippen LogP contribution in [0.2, 0.25) is 13.1 Å². The van der Waals surface area contributed by atoms with E-state index < -0.39 is 8.07 Å². The largest absolute Gasteiger partial charge is 0.469 e. The number of halogens is 1. The fourth-order valence-electron chi connectivity index (χ4n) is 2.69. The molecule has 0 saturated heterocycles. The second-order valence-electron chi connectivity index (χ2n) is 5.60. The molecule has 0 aliphatic carbocycles. The van der Waals surface area contributed by atoms with E-state index in [9.17, 15) is 4.79 Å². The minimum absolute atomic E-state index is 0.159. The molecule has 0 heterocycles. The molecule has 0 bridgehead atoms. The van der Waals surface area contributed by atoms with Crippen LogP contribution in [0.4, 0.5) is 0 Å². The van der Waals surface area contributed by atoms with Gasteiger partial charge in [-0.25, -0.2) is 0 Å². The molecule has 0 N–H and O–H groups in total. The van der Waals surface area contributed by atoms with Crippen LogP contribution in [0, 0.1) is 0 Å². The Morgan fingerprint density at radius 1 is 1.10 bits per heavy atom. The van der Waals surface area contributed by atoms with E-state index >= 15 is 0 Å². The highest BCUT2D eigenvalue weighted by Gasteiger charge is 2.40. The molecule has 2 rings (SSSR count). The number of carbonyl (C=O) groups is 1. The number of esters is 1. The Hall–Kier alpha value is -1.39. The number of benzene rings is 2. The number of ether oxygens (including phenoxy) is 1. The third kappa shape index (κ3) is 3.44. The van der Waals surface area contributed by atoms with Gasteiger partial charge in [0.25, 0.3) is 0 Å². The van der Waals surface area contributed by atoms with E-state index in [1.54, 1.807) is 0 Å².